The average Bonchev–Trinajstić information content (AvgIpc) is 3.38. The third-order valence-electron chi connectivity index (χ3n) is 5.31. The number of rotatable bonds is 5. The molecule has 6 heteroatoms. The second kappa shape index (κ2) is 7.12. The van der Waals surface area contributed by atoms with Gasteiger partial charge in [-0.3, -0.25) is 4.79 Å². The quantitative estimate of drug-likeness (QED) is 0.828. The highest BCUT2D eigenvalue weighted by Crippen LogP contribution is 2.39. The number of fused-ring (bicyclic) bond motifs is 1. The first kappa shape index (κ1) is 16.5. The molecule has 1 saturated carbocycles. The number of nitrogens with zero attached hydrogens (tertiary/aromatic N) is 3. The summed E-state index contributed by atoms with van der Waals surface area (Å²) in [6.07, 6.45) is 6.68. The van der Waals surface area contributed by atoms with Crippen LogP contribution in [-0.4, -0.2) is 53.6 Å². The number of carbonyl (C=O) groups excluding carboxylic acids is 1. The summed E-state index contributed by atoms with van der Waals surface area (Å²) in [6.45, 7) is 7.22. The number of ether oxygens (including phenoxy) is 1. The van der Waals surface area contributed by atoms with Gasteiger partial charge in [-0.2, -0.15) is 0 Å². The fraction of sp³-hybridized carbons (Fsp3) is 0.632. The molecule has 1 aliphatic carbocycles. The number of amides is 1. The molecule has 2 aliphatic heterocycles. The summed E-state index contributed by atoms with van der Waals surface area (Å²) < 4.78 is 5.39. The molecule has 1 aromatic heterocycles. The number of aromatic nitrogens is 2. The lowest BCUT2D eigenvalue weighted by atomic mass is 10.1. The van der Waals surface area contributed by atoms with Gasteiger partial charge in [0.1, 0.15) is 11.6 Å². The van der Waals surface area contributed by atoms with Gasteiger partial charge in [-0.1, -0.05) is 6.08 Å². The fourth-order valence-corrected chi connectivity index (χ4v) is 3.67. The van der Waals surface area contributed by atoms with Gasteiger partial charge in [-0.25, -0.2) is 9.97 Å². The maximum atomic E-state index is 12.7. The highest BCUT2D eigenvalue weighted by molar-refractivity contribution is 5.79. The van der Waals surface area contributed by atoms with E-state index in [-0.39, 0.29) is 11.8 Å². The molecular weight excluding hydrogens is 316 g/mol. The summed E-state index contributed by atoms with van der Waals surface area (Å²) in [6, 6.07) is 0. The van der Waals surface area contributed by atoms with E-state index in [1.807, 2.05) is 11.0 Å². The zero-order valence-corrected chi connectivity index (χ0v) is 14.7. The standard InChI is InChI=1S/C19H26N4O2/c1-2-8-20-18-15-5-9-23(19(24)14-7-11-25-12-14)10-6-16(15)21-17(22-18)13-3-4-13/h2,13-14H,1,3-12H2,(H,20,21,22)/t14-/m1/s1. The van der Waals surface area contributed by atoms with Gasteiger partial charge in [0.05, 0.1) is 18.2 Å². The Morgan fingerprint density at radius 1 is 1.28 bits per heavy atom. The Balaban J connectivity index is 1.54. The minimum atomic E-state index is 0.0349. The maximum absolute atomic E-state index is 12.7. The first-order chi connectivity index (χ1) is 12.3. The summed E-state index contributed by atoms with van der Waals surface area (Å²) in [5.41, 5.74) is 2.28. The molecule has 0 unspecified atom stereocenters. The van der Waals surface area contributed by atoms with Crippen molar-refractivity contribution in [3.8, 4) is 0 Å². The van der Waals surface area contributed by atoms with Crippen molar-refractivity contribution >= 4 is 11.7 Å². The fourth-order valence-electron chi connectivity index (χ4n) is 3.67. The predicted octanol–water partition coefficient (Wildman–Crippen LogP) is 1.92. The first-order valence-electron chi connectivity index (χ1n) is 9.37. The maximum Gasteiger partial charge on any atom is 0.228 e. The molecule has 0 aromatic carbocycles. The molecule has 6 nitrogen and oxygen atoms in total. The van der Waals surface area contributed by atoms with Crippen LogP contribution in [0.1, 0.15) is 42.3 Å². The number of hydrogen-bond donors (Lipinski definition) is 1. The van der Waals surface area contributed by atoms with Crippen LogP contribution in [-0.2, 0) is 22.4 Å². The lowest BCUT2D eigenvalue weighted by molar-refractivity contribution is -0.135. The number of anilines is 1. The molecule has 1 amide bonds. The minimum Gasteiger partial charge on any atom is -0.381 e. The highest BCUT2D eigenvalue weighted by atomic mass is 16.5. The average molecular weight is 342 g/mol. The van der Waals surface area contributed by atoms with Gasteiger partial charge in [0.15, 0.2) is 0 Å². The van der Waals surface area contributed by atoms with Crippen LogP contribution in [0, 0.1) is 5.92 Å². The molecule has 1 saturated heterocycles. The number of nitrogens with one attached hydrogen (secondary N) is 1. The molecule has 3 aliphatic rings. The van der Waals surface area contributed by atoms with Crippen LogP contribution >= 0.6 is 0 Å². The Morgan fingerprint density at radius 2 is 2.12 bits per heavy atom. The molecule has 25 heavy (non-hydrogen) atoms. The van der Waals surface area contributed by atoms with E-state index < -0.39 is 0 Å². The van der Waals surface area contributed by atoms with Gasteiger partial charge >= 0.3 is 0 Å². The molecule has 1 aromatic rings. The minimum absolute atomic E-state index is 0.0349. The summed E-state index contributed by atoms with van der Waals surface area (Å²) >= 11 is 0. The van der Waals surface area contributed by atoms with E-state index in [4.69, 9.17) is 14.7 Å². The van der Waals surface area contributed by atoms with E-state index in [1.165, 1.54) is 18.4 Å². The monoisotopic (exact) mass is 342 g/mol. The highest BCUT2D eigenvalue weighted by Gasteiger charge is 2.32. The van der Waals surface area contributed by atoms with Gasteiger partial charge in [0.2, 0.25) is 5.91 Å². The van der Waals surface area contributed by atoms with Crippen molar-refractivity contribution in [2.24, 2.45) is 5.92 Å². The molecule has 134 valence electrons. The number of carbonyl (C=O) groups is 1. The van der Waals surface area contributed by atoms with Gasteiger partial charge in [-0.05, 0) is 25.7 Å². The zero-order chi connectivity index (χ0) is 17.2. The SMILES string of the molecule is C=CCNc1nc(C2CC2)nc2c1CCN(C(=O)[C@@H]1CCOC1)CC2. The van der Waals surface area contributed by atoms with Crippen molar-refractivity contribution in [1.29, 1.82) is 0 Å². The summed E-state index contributed by atoms with van der Waals surface area (Å²) in [5.74, 6) is 2.69. The van der Waals surface area contributed by atoms with Crippen molar-refractivity contribution in [2.45, 2.75) is 38.0 Å². The smallest absolute Gasteiger partial charge is 0.228 e. The van der Waals surface area contributed by atoms with Crippen LogP contribution in [0.15, 0.2) is 12.7 Å². The third kappa shape index (κ3) is 3.54. The van der Waals surface area contributed by atoms with E-state index >= 15 is 0 Å². The van der Waals surface area contributed by atoms with Crippen molar-refractivity contribution < 1.29 is 9.53 Å². The predicted molar refractivity (Wildman–Crippen MR) is 95.6 cm³/mol. The number of hydrogen-bond acceptors (Lipinski definition) is 5. The third-order valence-corrected chi connectivity index (χ3v) is 5.31. The Kier molecular flexibility index (Phi) is 4.70. The second-order valence-corrected chi connectivity index (χ2v) is 7.19. The van der Waals surface area contributed by atoms with Crippen molar-refractivity contribution in [2.75, 3.05) is 38.2 Å². The van der Waals surface area contributed by atoms with Gasteiger partial charge < -0.3 is 15.0 Å². The van der Waals surface area contributed by atoms with E-state index in [0.29, 0.717) is 25.7 Å². The van der Waals surface area contributed by atoms with Gasteiger partial charge in [0, 0.05) is 44.1 Å². The van der Waals surface area contributed by atoms with E-state index in [0.717, 1.165) is 49.7 Å². The normalized spacial score (nSPS) is 23.0. The van der Waals surface area contributed by atoms with E-state index in [9.17, 15) is 4.79 Å². The Labute approximate surface area is 148 Å². The molecule has 0 radical (unpaired) electrons. The van der Waals surface area contributed by atoms with Crippen molar-refractivity contribution in [3.63, 3.8) is 0 Å². The topological polar surface area (TPSA) is 67.4 Å². The second-order valence-electron chi connectivity index (χ2n) is 7.19. The molecule has 1 atom stereocenters. The van der Waals surface area contributed by atoms with Crippen molar-refractivity contribution in [3.05, 3.63) is 29.7 Å². The lowest BCUT2D eigenvalue weighted by Gasteiger charge is -2.23. The molecule has 2 fully saturated rings. The Morgan fingerprint density at radius 3 is 2.84 bits per heavy atom. The van der Waals surface area contributed by atoms with Crippen LogP contribution in [0.25, 0.3) is 0 Å². The van der Waals surface area contributed by atoms with Crippen molar-refractivity contribution in [1.82, 2.24) is 14.9 Å². The van der Waals surface area contributed by atoms with Gasteiger partial charge in [0.25, 0.3) is 0 Å². The largest absolute Gasteiger partial charge is 0.381 e. The van der Waals surface area contributed by atoms with Crippen LogP contribution < -0.4 is 5.32 Å². The van der Waals surface area contributed by atoms with E-state index in [1.54, 1.807) is 0 Å². The van der Waals surface area contributed by atoms with Crippen LogP contribution in [0.4, 0.5) is 5.82 Å². The summed E-state index contributed by atoms with van der Waals surface area (Å²) in [7, 11) is 0. The van der Waals surface area contributed by atoms with Crippen LogP contribution in [0.5, 0.6) is 0 Å². The van der Waals surface area contributed by atoms with Crippen LogP contribution in [0.2, 0.25) is 0 Å². The molecule has 1 N–H and O–H groups in total. The zero-order valence-electron chi connectivity index (χ0n) is 14.7. The molecular formula is C19H26N4O2. The Hall–Kier alpha value is -1.95. The van der Waals surface area contributed by atoms with Gasteiger partial charge in [-0.15, -0.1) is 6.58 Å². The summed E-state index contributed by atoms with van der Waals surface area (Å²) in [4.78, 5) is 24.4. The molecule has 3 heterocycles. The van der Waals surface area contributed by atoms with Crippen LogP contribution in [0.3, 0.4) is 0 Å². The van der Waals surface area contributed by atoms with E-state index in [2.05, 4.69) is 11.9 Å². The Bertz CT molecular complexity index is 666. The summed E-state index contributed by atoms with van der Waals surface area (Å²) in [5, 5.41) is 3.38. The first-order valence-corrected chi connectivity index (χ1v) is 9.37. The lowest BCUT2D eigenvalue weighted by Crippen LogP contribution is -2.38. The molecule has 4 rings (SSSR count). The molecule has 0 spiro atoms. The molecule has 0 bridgehead atoms.